The van der Waals surface area contributed by atoms with Gasteiger partial charge in [-0.2, -0.15) is 4.98 Å². The first-order chi connectivity index (χ1) is 12.1. The van der Waals surface area contributed by atoms with Crippen molar-refractivity contribution >= 4 is 23.2 Å². The highest BCUT2D eigenvalue weighted by atomic mass is 35.5. The molecule has 3 aromatic rings. The number of hydrogen-bond donors (Lipinski definition) is 0. The second-order valence-corrected chi connectivity index (χ2v) is 6.44. The van der Waals surface area contributed by atoms with Gasteiger partial charge in [0.25, 0.3) is 0 Å². The van der Waals surface area contributed by atoms with Gasteiger partial charge >= 0.3 is 0 Å². The number of carbonyl (C=O) groups excluding carboxylic acids is 1. The van der Waals surface area contributed by atoms with E-state index in [1.165, 1.54) is 0 Å². The Labute approximate surface area is 149 Å². The number of pyridine rings is 1. The standard InChI is InChI=1S/C18H15ClN4O2/c1-11-4-5-14(8-15(11)19)23-10-13(7-16(23)24)18-21-17(22-25-18)12-3-2-6-20-9-12/h2-6,8-9,13H,7,10H2,1H3/t13-/m0/s1. The number of rotatable bonds is 3. The van der Waals surface area contributed by atoms with Crippen LogP contribution in [0.5, 0.6) is 0 Å². The molecule has 1 atom stereocenters. The van der Waals surface area contributed by atoms with Crippen molar-refractivity contribution in [1.29, 1.82) is 0 Å². The van der Waals surface area contributed by atoms with E-state index >= 15 is 0 Å². The Morgan fingerprint density at radius 2 is 2.20 bits per heavy atom. The van der Waals surface area contributed by atoms with Gasteiger partial charge in [0.15, 0.2) is 0 Å². The maximum Gasteiger partial charge on any atom is 0.232 e. The van der Waals surface area contributed by atoms with Gasteiger partial charge in [-0.05, 0) is 36.8 Å². The van der Waals surface area contributed by atoms with Crippen LogP contribution in [0.1, 0.15) is 23.8 Å². The van der Waals surface area contributed by atoms with Gasteiger partial charge in [-0.1, -0.05) is 22.8 Å². The lowest BCUT2D eigenvalue weighted by Crippen LogP contribution is -2.24. The molecule has 1 amide bonds. The Kier molecular flexibility index (Phi) is 3.97. The number of aryl methyl sites for hydroxylation is 1. The van der Waals surface area contributed by atoms with Crippen molar-refractivity contribution in [2.75, 3.05) is 11.4 Å². The molecule has 4 rings (SSSR count). The fourth-order valence-corrected chi connectivity index (χ4v) is 3.06. The summed E-state index contributed by atoms with van der Waals surface area (Å²) in [5.41, 5.74) is 2.55. The van der Waals surface area contributed by atoms with Crippen LogP contribution in [-0.2, 0) is 4.79 Å². The monoisotopic (exact) mass is 354 g/mol. The number of nitrogens with zero attached hydrogens (tertiary/aromatic N) is 4. The first kappa shape index (κ1) is 15.8. The Bertz CT molecular complexity index is 926. The Hall–Kier alpha value is -2.73. The van der Waals surface area contributed by atoms with Crippen molar-refractivity contribution < 1.29 is 9.32 Å². The smallest absolute Gasteiger partial charge is 0.232 e. The van der Waals surface area contributed by atoms with Gasteiger partial charge in [-0.25, -0.2) is 0 Å². The van der Waals surface area contributed by atoms with Gasteiger partial charge in [0.05, 0.1) is 5.92 Å². The SMILES string of the molecule is Cc1ccc(N2C[C@@H](c3nc(-c4cccnc4)no3)CC2=O)cc1Cl. The van der Waals surface area contributed by atoms with E-state index in [0.29, 0.717) is 29.7 Å². The minimum Gasteiger partial charge on any atom is -0.339 e. The van der Waals surface area contributed by atoms with E-state index in [-0.39, 0.29) is 11.8 Å². The third-order valence-electron chi connectivity index (χ3n) is 4.30. The molecule has 6 nitrogen and oxygen atoms in total. The quantitative estimate of drug-likeness (QED) is 0.718. The van der Waals surface area contributed by atoms with Crippen LogP contribution in [0.15, 0.2) is 47.2 Å². The highest BCUT2D eigenvalue weighted by Gasteiger charge is 2.35. The van der Waals surface area contributed by atoms with Gasteiger partial charge in [-0.3, -0.25) is 9.78 Å². The van der Waals surface area contributed by atoms with Crippen LogP contribution in [0, 0.1) is 6.92 Å². The zero-order valence-corrected chi connectivity index (χ0v) is 14.3. The van der Waals surface area contributed by atoms with Crippen molar-refractivity contribution in [2.45, 2.75) is 19.3 Å². The maximum atomic E-state index is 12.4. The molecular formula is C18H15ClN4O2. The molecule has 1 aliphatic rings. The average molecular weight is 355 g/mol. The fourth-order valence-electron chi connectivity index (χ4n) is 2.89. The van der Waals surface area contributed by atoms with Gasteiger partial charge in [-0.15, -0.1) is 0 Å². The molecule has 1 aromatic carbocycles. The van der Waals surface area contributed by atoms with Gasteiger partial charge in [0, 0.05) is 41.6 Å². The molecule has 1 saturated heterocycles. The predicted octanol–water partition coefficient (Wildman–Crippen LogP) is 3.61. The van der Waals surface area contributed by atoms with Crippen LogP contribution in [0.3, 0.4) is 0 Å². The van der Waals surface area contributed by atoms with E-state index < -0.39 is 0 Å². The van der Waals surface area contributed by atoms with E-state index in [2.05, 4.69) is 15.1 Å². The number of anilines is 1. The van der Waals surface area contributed by atoms with E-state index in [9.17, 15) is 4.79 Å². The highest BCUT2D eigenvalue weighted by molar-refractivity contribution is 6.31. The van der Waals surface area contributed by atoms with Crippen LogP contribution in [0.25, 0.3) is 11.4 Å². The minimum absolute atomic E-state index is 0.0195. The largest absolute Gasteiger partial charge is 0.339 e. The zero-order valence-electron chi connectivity index (χ0n) is 13.5. The molecule has 126 valence electrons. The summed E-state index contributed by atoms with van der Waals surface area (Å²) < 4.78 is 5.38. The molecule has 7 heteroatoms. The molecule has 3 heterocycles. The summed E-state index contributed by atoms with van der Waals surface area (Å²) in [4.78, 5) is 22.6. The van der Waals surface area contributed by atoms with Crippen LogP contribution >= 0.6 is 11.6 Å². The number of benzene rings is 1. The topological polar surface area (TPSA) is 72.1 Å². The second-order valence-electron chi connectivity index (χ2n) is 6.04. The summed E-state index contributed by atoms with van der Waals surface area (Å²) in [5.74, 6) is 0.830. The molecule has 0 radical (unpaired) electrons. The third-order valence-corrected chi connectivity index (χ3v) is 4.71. The molecule has 0 aliphatic carbocycles. The Morgan fingerprint density at radius 1 is 1.32 bits per heavy atom. The molecule has 0 N–H and O–H groups in total. The molecule has 0 unspecified atom stereocenters. The van der Waals surface area contributed by atoms with Gasteiger partial charge < -0.3 is 9.42 Å². The van der Waals surface area contributed by atoms with Crippen LogP contribution in [0.4, 0.5) is 5.69 Å². The van der Waals surface area contributed by atoms with Crippen LogP contribution < -0.4 is 4.90 Å². The van der Waals surface area contributed by atoms with Crippen molar-refractivity contribution in [1.82, 2.24) is 15.1 Å². The molecule has 1 fully saturated rings. The predicted molar refractivity (Wildman–Crippen MR) is 93.4 cm³/mol. The van der Waals surface area contributed by atoms with E-state index in [4.69, 9.17) is 16.1 Å². The van der Waals surface area contributed by atoms with Crippen molar-refractivity contribution in [3.8, 4) is 11.4 Å². The first-order valence-corrected chi connectivity index (χ1v) is 8.30. The fraction of sp³-hybridized carbons (Fsp3) is 0.222. The second kappa shape index (κ2) is 6.29. The molecule has 2 aromatic heterocycles. The first-order valence-electron chi connectivity index (χ1n) is 7.92. The zero-order chi connectivity index (χ0) is 17.4. The average Bonchev–Trinajstić information content (AvgIpc) is 3.25. The van der Waals surface area contributed by atoms with Crippen molar-refractivity contribution in [3.63, 3.8) is 0 Å². The summed E-state index contributed by atoms with van der Waals surface area (Å²) in [6, 6.07) is 9.29. The lowest BCUT2D eigenvalue weighted by molar-refractivity contribution is -0.117. The summed E-state index contributed by atoms with van der Waals surface area (Å²) in [6.45, 7) is 2.42. The molecule has 25 heavy (non-hydrogen) atoms. The number of halogens is 1. The third kappa shape index (κ3) is 3.00. The molecule has 1 aliphatic heterocycles. The lowest BCUT2D eigenvalue weighted by Gasteiger charge is -2.17. The molecule has 0 saturated carbocycles. The van der Waals surface area contributed by atoms with E-state index in [1.54, 1.807) is 17.3 Å². The summed E-state index contributed by atoms with van der Waals surface area (Å²) in [6.07, 6.45) is 3.69. The Balaban J connectivity index is 1.56. The van der Waals surface area contributed by atoms with E-state index in [1.807, 2.05) is 37.3 Å². The number of aromatic nitrogens is 3. The summed E-state index contributed by atoms with van der Waals surface area (Å²) in [5, 5.41) is 4.65. The molecule has 0 spiro atoms. The molecule has 0 bridgehead atoms. The van der Waals surface area contributed by atoms with E-state index in [0.717, 1.165) is 16.8 Å². The summed E-state index contributed by atoms with van der Waals surface area (Å²) >= 11 is 6.18. The van der Waals surface area contributed by atoms with Crippen LogP contribution in [-0.4, -0.2) is 27.6 Å². The number of carbonyl (C=O) groups is 1. The van der Waals surface area contributed by atoms with Crippen molar-refractivity contribution in [3.05, 3.63) is 59.2 Å². The van der Waals surface area contributed by atoms with Crippen LogP contribution in [0.2, 0.25) is 5.02 Å². The lowest BCUT2D eigenvalue weighted by atomic mass is 10.1. The maximum absolute atomic E-state index is 12.4. The number of amides is 1. The normalized spacial score (nSPS) is 17.3. The van der Waals surface area contributed by atoms with Gasteiger partial charge in [0.2, 0.25) is 17.6 Å². The number of hydrogen-bond acceptors (Lipinski definition) is 5. The summed E-state index contributed by atoms with van der Waals surface area (Å²) in [7, 11) is 0. The minimum atomic E-state index is -0.134. The van der Waals surface area contributed by atoms with Gasteiger partial charge in [0.1, 0.15) is 0 Å². The van der Waals surface area contributed by atoms with Crippen molar-refractivity contribution in [2.24, 2.45) is 0 Å². The Morgan fingerprint density at radius 3 is 2.96 bits per heavy atom. The highest BCUT2D eigenvalue weighted by Crippen LogP contribution is 2.33. The molecular weight excluding hydrogens is 340 g/mol.